The number of benzene rings is 2. The van der Waals surface area contributed by atoms with Crippen LogP contribution in [0.5, 0.6) is 23.0 Å². The molecular weight excluding hydrogens is 999 g/mol. The maximum Gasteiger partial charge on any atom is 0.170 e. The van der Waals surface area contributed by atoms with Gasteiger partial charge >= 0.3 is 0 Å². The predicted molar refractivity (Wildman–Crippen MR) is 271 cm³/mol. The summed E-state index contributed by atoms with van der Waals surface area (Å²) in [7, 11) is -1.55. The van der Waals surface area contributed by atoms with Gasteiger partial charge in [-0.3, -0.25) is 19.1 Å². The van der Waals surface area contributed by atoms with Crippen LogP contribution in [0.4, 0.5) is 8.78 Å². The largest absolute Gasteiger partial charge is 0.494 e. The first-order valence-corrected chi connectivity index (χ1v) is 25.8. The number of aromatic nitrogens is 12. The van der Waals surface area contributed by atoms with Crippen LogP contribution < -0.4 is 18.9 Å². The molecule has 2 aromatic carbocycles. The summed E-state index contributed by atoms with van der Waals surface area (Å²) in [4.78, 5) is 24.0. The van der Waals surface area contributed by atoms with Crippen molar-refractivity contribution in [2.75, 3.05) is 28.4 Å². The van der Waals surface area contributed by atoms with E-state index in [2.05, 4.69) is 63.5 Å². The van der Waals surface area contributed by atoms with Crippen LogP contribution in [0.25, 0.3) is 46.3 Å². The minimum Gasteiger partial charge on any atom is -0.494 e. The van der Waals surface area contributed by atoms with E-state index in [1.165, 1.54) is 28.4 Å². The fourth-order valence-electron chi connectivity index (χ4n) is 7.45. The lowest BCUT2D eigenvalue weighted by Gasteiger charge is -2.18. The van der Waals surface area contributed by atoms with Crippen molar-refractivity contribution in [3.05, 3.63) is 157 Å². The molecule has 0 aliphatic carbocycles. The first-order valence-electron chi connectivity index (χ1n) is 22.4. The van der Waals surface area contributed by atoms with Crippen molar-refractivity contribution in [1.29, 1.82) is 0 Å². The molecule has 8 rings (SSSR count). The van der Waals surface area contributed by atoms with Crippen LogP contribution in [0, 0.1) is 11.6 Å². The Hall–Kier alpha value is -8.38. The number of sulfone groups is 2. The molecule has 74 heavy (non-hydrogen) atoms. The minimum absolute atomic E-state index is 0.00683. The zero-order chi connectivity index (χ0) is 53.2. The lowest BCUT2D eigenvalue weighted by Crippen LogP contribution is -2.24. The van der Waals surface area contributed by atoms with Gasteiger partial charge in [0.25, 0.3) is 0 Å². The van der Waals surface area contributed by atoms with Crippen LogP contribution in [0.2, 0.25) is 0 Å². The summed E-state index contributed by atoms with van der Waals surface area (Å²) in [5.41, 5.74) is 3.57. The third-order valence-corrected chi connectivity index (χ3v) is 15.5. The Morgan fingerprint density at radius 1 is 0.541 bits per heavy atom. The summed E-state index contributed by atoms with van der Waals surface area (Å²) in [6.45, 7) is 10.7. The van der Waals surface area contributed by atoms with Crippen molar-refractivity contribution in [2.24, 2.45) is 0 Å². The van der Waals surface area contributed by atoms with E-state index in [-0.39, 0.29) is 36.1 Å². The molecule has 0 fully saturated rings. The number of rotatable bonds is 20. The van der Waals surface area contributed by atoms with Gasteiger partial charge in [-0.15, -0.1) is 20.4 Å². The first kappa shape index (κ1) is 53.4. The highest BCUT2D eigenvalue weighted by Gasteiger charge is 2.31. The van der Waals surface area contributed by atoms with E-state index in [9.17, 15) is 25.6 Å². The van der Waals surface area contributed by atoms with Crippen molar-refractivity contribution in [3.8, 4) is 57.1 Å². The van der Waals surface area contributed by atoms with Gasteiger partial charge < -0.3 is 18.9 Å². The number of halogens is 2. The van der Waals surface area contributed by atoms with E-state index in [0.29, 0.717) is 57.1 Å². The molecule has 0 aliphatic rings. The van der Waals surface area contributed by atoms with Gasteiger partial charge in [-0.05, 0) is 61.4 Å². The van der Waals surface area contributed by atoms with Crippen LogP contribution in [0.1, 0.15) is 48.3 Å². The molecule has 0 amide bonds. The molecule has 0 unspecified atom stereocenters. The van der Waals surface area contributed by atoms with Gasteiger partial charge in [-0.2, -0.15) is 0 Å². The van der Waals surface area contributed by atoms with Crippen molar-refractivity contribution < 1.29 is 44.6 Å². The molecule has 0 saturated carbocycles. The number of nitrogens with zero attached hydrogens (tertiary/aromatic N) is 12. The quantitative estimate of drug-likeness (QED) is 0.0751. The van der Waals surface area contributed by atoms with Crippen LogP contribution in [-0.4, -0.2) is 115 Å². The molecule has 384 valence electrons. The van der Waals surface area contributed by atoms with Gasteiger partial charge in [-0.1, -0.05) is 37.4 Å². The summed E-state index contributed by atoms with van der Waals surface area (Å²) in [5, 5.41) is 15.4. The van der Waals surface area contributed by atoms with Crippen molar-refractivity contribution >= 4 is 31.8 Å². The lowest BCUT2D eigenvalue weighted by molar-refractivity contribution is 0.390. The Bertz CT molecular complexity index is 3230. The van der Waals surface area contributed by atoms with Gasteiger partial charge in [0.05, 0.1) is 63.7 Å². The molecule has 0 radical (unpaired) electrons. The molecule has 0 spiro atoms. The second-order valence-electron chi connectivity index (χ2n) is 16.3. The van der Waals surface area contributed by atoms with Gasteiger partial charge in [0.2, 0.25) is 0 Å². The van der Waals surface area contributed by atoms with E-state index in [1.54, 1.807) is 96.3 Å². The number of methoxy groups -OCH3 is 4. The van der Waals surface area contributed by atoms with E-state index >= 15 is 0 Å². The molecule has 6 heterocycles. The van der Waals surface area contributed by atoms with Crippen molar-refractivity contribution in [3.63, 3.8) is 0 Å². The number of ether oxygens (including phenoxy) is 4. The Labute approximate surface area is 425 Å². The van der Waals surface area contributed by atoms with Crippen LogP contribution in [-0.2, 0) is 44.0 Å². The van der Waals surface area contributed by atoms with Gasteiger partial charge in [0.1, 0.15) is 57.5 Å². The maximum absolute atomic E-state index is 13.4. The molecule has 0 bridgehead atoms. The molecule has 20 nitrogen and oxygen atoms in total. The highest BCUT2D eigenvalue weighted by Crippen LogP contribution is 2.39. The Morgan fingerprint density at radius 3 is 1.19 bits per heavy atom. The Morgan fingerprint density at radius 2 is 0.878 bits per heavy atom. The van der Waals surface area contributed by atoms with Crippen molar-refractivity contribution in [2.45, 2.75) is 48.7 Å². The predicted octanol–water partition coefficient (Wildman–Crippen LogP) is 6.93. The third kappa shape index (κ3) is 12.1. The SMILES string of the molecule is C=Cc1cncc(-c2nnc(CS(=O)(=O)[C@@H](C)Cc3ncc(F)cn3)n2-c2c(OC)cccc2OC)c1.C=Cc1cncc(-c2nnc(CS(=O)(=O)[C@H](C)Cc3ncc(F)cn3)n2-c2c(OC)cccc2OC)c1. The third-order valence-electron chi connectivity index (χ3n) is 11.4. The standard InChI is InChI=1S/2C25H25FN6O4S/c2*1-5-17-10-18(12-27-11-17)25-31-30-23(32(25)24-20(35-3)7-6-8-21(24)36-4)15-37(33,34)16(2)9-22-28-13-19(26)14-29-22/h2*5-8,10-14,16H,1,9,15H2,2-4H3/t2*16-/m10/s1. The summed E-state index contributed by atoms with van der Waals surface area (Å²) >= 11 is 0. The van der Waals surface area contributed by atoms with E-state index in [4.69, 9.17) is 18.9 Å². The normalized spacial score (nSPS) is 12.2. The Balaban J connectivity index is 0.000000216. The molecule has 0 saturated heterocycles. The average molecular weight is 1050 g/mol. The molecule has 6 aromatic heterocycles. The Kier molecular flexibility index (Phi) is 16.9. The summed E-state index contributed by atoms with van der Waals surface area (Å²) in [5.74, 6) is 1.06. The number of hydrogen-bond acceptors (Lipinski definition) is 18. The van der Waals surface area contributed by atoms with Crippen LogP contribution >= 0.6 is 0 Å². The van der Waals surface area contributed by atoms with E-state index < -0.39 is 53.3 Å². The van der Waals surface area contributed by atoms with Crippen LogP contribution in [0.15, 0.2) is 111 Å². The monoisotopic (exact) mass is 1050 g/mol. The second kappa shape index (κ2) is 23.4. The van der Waals surface area contributed by atoms with Gasteiger partial charge in [0.15, 0.2) is 54.6 Å². The molecule has 0 N–H and O–H groups in total. The van der Waals surface area contributed by atoms with Gasteiger partial charge in [0, 0.05) is 48.8 Å². The van der Waals surface area contributed by atoms with E-state index in [1.807, 2.05) is 12.1 Å². The lowest BCUT2D eigenvalue weighted by atomic mass is 10.2. The summed E-state index contributed by atoms with van der Waals surface area (Å²) < 4.78 is 106. The van der Waals surface area contributed by atoms with E-state index in [0.717, 1.165) is 35.9 Å². The second-order valence-corrected chi connectivity index (χ2v) is 21.1. The van der Waals surface area contributed by atoms with Gasteiger partial charge in [-0.25, -0.2) is 45.6 Å². The summed E-state index contributed by atoms with van der Waals surface area (Å²) in [6, 6.07) is 14.1. The minimum atomic E-state index is -3.78. The topological polar surface area (TPSA) is 244 Å². The average Bonchev–Trinajstić information content (AvgIpc) is 4.02. The number of para-hydroxylation sites is 2. The fraction of sp³-hybridized carbons (Fsp3) is 0.240. The molecule has 2 atom stereocenters. The van der Waals surface area contributed by atoms with Crippen molar-refractivity contribution in [1.82, 2.24) is 59.4 Å². The molecule has 8 aromatic rings. The molecule has 0 aliphatic heterocycles. The highest BCUT2D eigenvalue weighted by atomic mass is 32.2. The zero-order valence-electron chi connectivity index (χ0n) is 41.0. The smallest absolute Gasteiger partial charge is 0.170 e. The highest BCUT2D eigenvalue weighted by molar-refractivity contribution is 7.91. The molecular formula is C50H50F2N12O8S2. The fourth-order valence-corrected chi connectivity index (χ4v) is 9.92. The number of pyridine rings is 2. The van der Waals surface area contributed by atoms with Crippen LogP contribution in [0.3, 0.4) is 0 Å². The number of hydrogen-bond donors (Lipinski definition) is 0. The first-order chi connectivity index (χ1) is 35.5. The summed E-state index contributed by atoms with van der Waals surface area (Å²) in [6.07, 6.45) is 13.8. The maximum atomic E-state index is 13.4. The zero-order valence-corrected chi connectivity index (χ0v) is 42.6. The molecule has 24 heteroatoms.